The number of carbonyl (C=O) groups excluding carboxylic acids is 2. The predicted molar refractivity (Wildman–Crippen MR) is 114 cm³/mol. The summed E-state index contributed by atoms with van der Waals surface area (Å²) < 4.78 is 9.85. The van der Waals surface area contributed by atoms with Gasteiger partial charge >= 0.3 is 0 Å². The van der Waals surface area contributed by atoms with Crippen molar-refractivity contribution in [2.24, 2.45) is 0 Å². The van der Waals surface area contributed by atoms with Crippen LogP contribution < -0.4 is 20.1 Å². The molecular formula is C18H18N4O8S. The van der Waals surface area contributed by atoms with Gasteiger partial charge in [-0.15, -0.1) is 11.8 Å². The van der Waals surface area contributed by atoms with E-state index in [2.05, 4.69) is 10.6 Å². The molecule has 0 aromatic heterocycles. The van der Waals surface area contributed by atoms with Crippen molar-refractivity contribution in [3.63, 3.8) is 0 Å². The topological polar surface area (TPSA) is 163 Å². The number of carbonyl (C=O) groups is 2. The summed E-state index contributed by atoms with van der Waals surface area (Å²) in [6.07, 6.45) is 0. The molecule has 2 aromatic rings. The molecule has 0 unspecified atom stereocenters. The lowest BCUT2D eigenvalue weighted by atomic mass is 10.2. The number of nitrogens with one attached hydrogen (secondary N) is 2. The van der Waals surface area contributed by atoms with E-state index in [4.69, 9.17) is 9.47 Å². The zero-order valence-electron chi connectivity index (χ0n) is 16.4. The Bertz CT molecular complexity index is 935. The Morgan fingerprint density at radius 2 is 1.23 bits per heavy atom. The van der Waals surface area contributed by atoms with Crippen LogP contribution in [0.4, 0.5) is 22.7 Å². The van der Waals surface area contributed by atoms with Crippen LogP contribution in [0.5, 0.6) is 11.5 Å². The maximum Gasteiger partial charge on any atom is 0.296 e. The third-order valence-corrected chi connectivity index (χ3v) is 4.75. The lowest BCUT2D eigenvalue weighted by Gasteiger charge is -2.08. The van der Waals surface area contributed by atoms with Crippen LogP contribution in [0.3, 0.4) is 0 Å². The van der Waals surface area contributed by atoms with E-state index < -0.39 is 21.7 Å². The van der Waals surface area contributed by atoms with Crippen molar-refractivity contribution in [2.75, 3.05) is 36.4 Å². The van der Waals surface area contributed by atoms with Crippen molar-refractivity contribution in [2.45, 2.75) is 0 Å². The number of methoxy groups -OCH3 is 2. The van der Waals surface area contributed by atoms with Crippen molar-refractivity contribution in [1.29, 1.82) is 0 Å². The summed E-state index contributed by atoms with van der Waals surface area (Å²) >= 11 is 0.939. The van der Waals surface area contributed by atoms with Crippen molar-refractivity contribution in [1.82, 2.24) is 0 Å². The third kappa shape index (κ3) is 6.57. The van der Waals surface area contributed by atoms with Crippen LogP contribution in [0.25, 0.3) is 0 Å². The van der Waals surface area contributed by atoms with Gasteiger partial charge in [-0.25, -0.2) is 0 Å². The molecule has 0 aliphatic heterocycles. The van der Waals surface area contributed by atoms with Gasteiger partial charge in [0.15, 0.2) is 0 Å². The molecule has 2 amide bonds. The molecule has 0 fully saturated rings. The number of amides is 2. The van der Waals surface area contributed by atoms with E-state index in [0.717, 1.165) is 11.8 Å². The summed E-state index contributed by atoms with van der Waals surface area (Å²) in [7, 11) is 2.72. The van der Waals surface area contributed by atoms with E-state index in [-0.39, 0.29) is 45.8 Å². The highest BCUT2D eigenvalue weighted by molar-refractivity contribution is 8.00. The Balaban J connectivity index is 1.91. The molecule has 0 saturated heterocycles. The Morgan fingerprint density at radius 1 is 0.839 bits per heavy atom. The fourth-order valence-electron chi connectivity index (χ4n) is 2.40. The van der Waals surface area contributed by atoms with Crippen molar-refractivity contribution >= 4 is 46.3 Å². The van der Waals surface area contributed by atoms with Gasteiger partial charge in [0.05, 0.1) is 47.7 Å². The van der Waals surface area contributed by atoms with Gasteiger partial charge in [0.25, 0.3) is 11.4 Å². The molecule has 31 heavy (non-hydrogen) atoms. The Labute approximate surface area is 180 Å². The summed E-state index contributed by atoms with van der Waals surface area (Å²) in [4.78, 5) is 45.1. The normalized spacial score (nSPS) is 10.1. The number of nitro benzene ring substituents is 2. The minimum Gasteiger partial charge on any atom is -0.496 e. The number of nitrogens with zero attached hydrogens (tertiary/aromatic N) is 2. The maximum atomic E-state index is 12.1. The highest BCUT2D eigenvalue weighted by Gasteiger charge is 2.19. The molecule has 0 aliphatic rings. The molecule has 2 N–H and O–H groups in total. The van der Waals surface area contributed by atoms with E-state index in [1.807, 2.05) is 0 Å². The number of anilines is 2. The fourth-order valence-corrected chi connectivity index (χ4v) is 3.02. The van der Waals surface area contributed by atoms with Gasteiger partial charge in [0.2, 0.25) is 11.8 Å². The highest BCUT2D eigenvalue weighted by atomic mass is 32.2. The number of rotatable bonds is 10. The second-order valence-electron chi connectivity index (χ2n) is 5.87. The van der Waals surface area contributed by atoms with Crippen LogP contribution in [-0.4, -0.2) is 47.4 Å². The molecule has 0 atom stereocenters. The predicted octanol–water partition coefficient (Wildman–Crippen LogP) is 2.83. The minimum absolute atomic E-state index is 0.00490. The lowest BCUT2D eigenvalue weighted by molar-refractivity contribution is -0.384. The number of hydrogen-bond acceptors (Lipinski definition) is 9. The second kappa shape index (κ2) is 10.8. The average Bonchev–Trinajstić information content (AvgIpc) is 2.73. The first kappa shape index (κ1) is 23.4. The molecule has 0 bridgehead atoms. The van der Waals surface area contributed by atoms with Crippen LogP contribution in [-0.2, 0) is 9.59 Å². The number of hydrogen-bond donors (Lipinski definition) is 2. The number of thioether (sulfide) groups is 1. The van der Waals surface area contributed by atoms with Crippen molar-refractivity contribution < 1.29 is 28.9 Å². The summed E-state index contributed by atoms with van der Waals surface area (Å²) in [6, 6.07) is 7.97. The standard InChI is InChI=1S/C18H18N4O8S/c1-29-11-3-5-13(15(7-11)21(25)26)19-17(23)9-31-10-18(24)20-14-6-4-12(30-2)8-16(14)22(27)28/h3-8H,9-10H2,1-2H3,(H,19,23)(H,20,24). The van der Waals surface area contributed by atoms with Crippen molar-refractivity contribution in [3.8, 4) is 11.5 Å². The fraction of sp³-hybridized carbons (Fsp3) is 0.222. The summed E-state index contributed by atoms with van der Waals surface area (Å²) in [5, 5.41) is 27.1. The highest BCUT2D eigenvalue weighted by Crippen LogP contribution is 2.30. The van der Waals surface area contributed by atoms with E-state index in [1.165, 1.54) is 50.6 Å². The van der Waals surface area contributed by atoms with Crippen LogP contribution in [0.15, 0.2) is 36.4 Å². The molecule has 2 aromatic carbocycles. The number of benzene rings is 2. The van der Waals surface area contributed by atoms with E-state index in [1.54, 1.807) is 0 Å². The molecule has 0 saturated carbocycles. The van der Waals surface area contributed by atoms with Crippen LogP contribution >= 0.6 is 11.8 Å². The Hall–Kier alpha value is -3.87. The summed E-state index contributed by atoms with van der Waals surface area (Å²) in [5.74, 6) is -0.905. The SMILES string of the molecule is COc1ccc(NC(=O)CSCC(=O)Nc2ccc(OC)cc2[N+](=O)[O-])c([N+](=O)[O-])c1. The van der Waals surface area contributed by atoms with E-state index in [9.17, 15) is 29.8 Å². The van der Waals surface area contributed by atoms with E-state index >= 15 is 0 Å². The molecule has 0 spiro atoms. The molecule has 0 heterocycles. The Morgan fingerprint density at radius 3 is 1.55 bits per heavy atom. The van der Waals surface area contributed by atoms with Crippen LogP contribution in [0.2, 0.25) is 0 Å². The monoisotopic (exact) mass is 450 g/mol. The average molecular weight is 450 g/mol. The van der Waals surface area contributed by atoms with Gasteiger partial charge in [-0.05, 0) is 24.3 Å². The first-order valence-electron chi connectivity index (χ1n) is 8.57. The quantitative estimate of drug-likeness (QED) is 0.409. The smallest absolute Gasteiger partial charge is 0.296 e. The maximum absolute atomic E-state index is 12.1. The lowest BCUT2D eigenvalue weighted by Crippen LogP contribution is -2.19. The third-order valence-electron chi connectivity index (χ3n) is 3.82. The molecule has 164 valence electrons. The van der Waals surface area contributed by atoms with Crippen LogP contribution in [0.1, 0.15) is 0 Å². The van der Waals surface area contributed by atoms with Gasteiger partial charge in [-0.2, -0.15) is 0 Å². The Kier molecular flexibility index (Phi) is 8.14. The second-order valence-corrected chi connectivity index (χ2v) is 6.86. The minimum atomic E-state index is -0.652. The van der Waals surface area contributed by atoms with Gasteiger partial charge in [0, 0.05) is 0 Å². The van der Waals surface area contributed by atoms with Gasteiger partial charge in [-0.1, -0.05) is 0 Å². The molecule has 0 aliphatic carbocycles. The van der Waals surface area contributed by atoms with Gasteiger partial charge in [0.1, 0.15) is 22.9 Å². The number of ether oxygens (including phenoxy) is 2. The van der Waals surface area contributed by atoms with Gasteiger partial charge < -0.3 is 20.1 Å². The first-order valence-corrected chi connectivity index (χ1v) is 9.73. The largest absolute Gasteiger partial charge is 0.496 e. The summed E-state index contributed by atoms with van der Waals surface area (Å²) in [5.41, 5.74) is -0.672. The summed E-state index contributed by atoms with van der Waals surface area (Å²) in [6.45, 7) is 0. The molecule has 12 nitrogen and oxygen atoms in total. The molecule has 13 heteroatoms. The van der Waals surface area contributed by atoms with E-state index in [0.29, 0.717) is 0 Å². The molecular weight excluding hydrogens is 432 g/mol. The zero-order valence-corrected chi connectivity index (χ0v) is 17.3. The molecule has 2 rings (SSSR count). The van der Waals surface area contributed by atoms with Crippen molar-refractivity contribution in [3.05, 3.63) is 56.6 Å². The zero-order chi connectivity index (χ0) is 23.0. The van der Waals surface area contributed by atoms with Gasteiger partial charge in [-0.3, -0.25) is 29.8 Å². The van der Waals surface area contributed by atoms with Crippen LogP contribution in [0, 0.1) is 20.2 Å². The number of nitro groups is 2. The molecule has 0 radical (unpaired) electrons. The first-order chi connectivity index (χ1) is 14.7.